The summed E-state index contributed by atoms with van der Waals surface area (Å²) in [5.41, 5.74) is 0.559. The Morgan fingerprint density at radius 2 is 1.29 bits per heavy atom. The summed E-state index contributed by atoms with van der Waals surface area (Å²) in [6, 6.07) is 5.88. The van der Waals surface area contributed by atoms with E-state index < -0.39 is 11.7 Å². The highest BCUT2D eigenvalue weighted by Gasteiger charge is 2.32. The number of hydrogen-bond acceptors (Lipinski definition) is 0. The van der Waals surface area contributed by atoms with Crippen LogP contribution in [0.15, 0.2) is 24.3 Å². The lowest BCUT2D eigenvalue weighted by atomic mass is 9.68. The van der Waals surface area contributed by atoms with Gasteiger partial charge in [0.1, 0.15) is 0 Å². The molecule has 0 bridgehead atoms. The van der Waals surface area contributed by atoms with E-state index in [0.29, 0.717) is 5.92 Å². The van der Waals surface area contributed by atoms with E-state index in [1.165, 1.54) is 57.1 Å². The number of benzene rings is 1. The summed E-state index contributed by atoms with van der Waals surface area (Å²) in [7, 11) is 0. The molecule has 0 N–H and O–H groups in total. The Balaban J connectivity index is 1.52. The maximum Gasteiger partial charge on any atom is 0.416 e. The molecular formula is C21H29F3. The average Bonchev–Trinajstić information content (AvgIpc) is 2.61. The fourth-order valence-electron chi connectivity index (χ4n) is 4.94. The first kappa shape index (κ1) is 17.8. The third-order valence-electron chi connectivity index (χ3n) is 6.62. The highest BCUT2D eigenvalue weighted by Crippen LogP contribution is 2.44. The Bertz CT molecular complexity index is 501. The number of halogens is 3. The smallest absolute Gasteiger partial charge is 0.166 e. The fourth-order valence-corrected chi connectivity index (χ4v) is 4.94. The van der Waals surface area contributed by atoms with E-state index in [-0.39, 0.29) is 0 Å². The average molecular weight is 338 g/mol. The van der Waals surface area contributed by atoms with Gasteiger partial charge in [-0.2, -0.15) is 13.2 Å². The molecule has 1 aromatic rings. The van der Waals surface area contributed by atoms with Crippen LogP contribution >= 0.6 is 0 Å². The van der Waals surface area contributed by atoms with E-state index in [9.17, 15) is 13.2 Å². The van der Waals surface area contributed by atoms with E-state index >= 15 is 0 Å². The predicted molar refractivity (Wildman–Crippen MR) is 91.9 cm³/mol. The van der Waals surface area contributed by atoms with Gasteiger partial charge in [-0.3, -0.25) is 0 Å². The molecule has 2 saturated carbocycles. The molecule has 24 heavy (non-hydrogen) atoms. The summed E-state index contributed by atoms with van der Waals surface area (Å²) < 4.78 is 38.0. The van der Waals surface area contributed by atoms with Crippen LogP contribution in [0.25, 0.3) is 0 Å². The van der Waals surface area contributed by atoms with Crippen molar-refractivity contribution < 1.29 is 13.2 Å². The van der Waals surface area contributed by atoms with Crippen LogP contribution in [0.5, 0.6) is 0 Å². The molecule has 0 unspecified atom stereocenters. The molecule has 3 heteroatoms. The van der Waals surface area contributed by atoms with Crippen molar-refractivity contribution in [2.24, 2.45) is 17.8 Å². The SMILES string of the molecule is CC[C@H]1CC[C@H](C2CCC(c3ccc(C(F)(F)F)cc3)CC2)CC1. The fraction of sp³-hybridized carbons (Fsp3) is 0.714. The van der Waals surface area contributed by atoms with E-state index in [1.807, 2.05) is 0 Å². The third-order valence-corrected chi connectivity index (χ3v) is 6.62. The Morgan fingerprint density at radius 3 is 1.75 bits per heavy atom. The third kappa shape index (κ3) is 4.15. The van der Waals surface area contributed by atoms with Crippen molar-refractivity contribution in [3.8, 4) is 0 Å². The summed E-state index contributed by atoms with van der Waals surface area (Å²) in [4.78, 5) is 0. The van der Waals surface area contributed by atoms with Gasteiger partial charge < -0.3 is 0 Å². The second-order valence-electron chi connectivity index (χ2n) is 7.92. The number of rotatable bonds is 3. The Labute approximate surface area is 143 Å². The van der Waals surface area contributed by atoms with Crippen molar-refractivity contribution in [1.29, 1.82) is 0 Å². The van der Waals surface area contributed by atoms with Crippen LogP contribution in [0.4, 0.5) is 13.2 Å². The number of hydrogen-bond donors (Lipinski definition) is 0. The minimum Gasteiger partial charge on any atom is -0.166 e. The van der Waals surface area contributed by atoms with Crippen molar-refractivity contribution >= 4 is 0 Å². The molecule has 0 aliphatic heterocycles. The molecule has 2 aliphatic carbocycles. The summed E-state index contributed by atoms with van der Waals surface area (Å²) in [6.07, 6.45) is 7.50. The monoisotopic (exact) mass is 338 g/mol. The molecule has 0 heterocycles. The summed E-state index contributed by atoms with van der Waals surface area (Å²) in [6.45, 7) is 2.31. The minimum absolute atomic E-state index is 0.454. The largest absolute Gasteiger partial charge is 0.416 e. The van der Waals surface area contributed by atoms with Gasteiger partial charge in [0, 0.05) is 0 Å². The molecule has 0 atom stereocenters. The first-order chi connectivity index (χ1) is 11.5. The normalized spacial score (nSPS) is 31.8. The van der Waals surface area contributed by atoms with E-state index in [1.54, 1.807) is 12.1 Å². The van der Waals surface area contributed by atoms with Gasteiger partial charge in [0.2, 0.25) is 0 Å². The first-order valence-electron chi connectivity index (χ1n) is 9.64. The maximum atomic E-state index is 12.7. The zero-order valence-corrected chi connectivity index (χ0v) is 14.6. The second kappa shape index (κ2) is 7.49. The molecule has 2 aliphatic rings. The molecule has 1 aromatic carbocycles. The maximum absolute atomic E-state index is 12.7. The lowest BCUT2D eigenvalue weighted by Crippen LogP contribution is -2.25. The van der Waals surface area contributed by atoms with Gasteiger partial charge in [0.25, 0.3) is 0 Å². The molecule has 0 aromatic heterocycles. The van der Waals surface area contributed by atoms with E-state index in [2.05, 4.69) is 6.92 Å². The van der Waals surface area contributed by atoms with Crippen molar-refractivity contribution in [2.45, 2.75) is 76.8 Å². The second-order valence-corrected chi connectivity index (χ2v) is 7.92. The van der Waals surface area contributed by atoms with Crippen LogP contribution in [-0.4, -0.2) is 0 Å². The van der Waals surface area contributed by atoms with Crippen LogP contribution < -0.4 is 0 Å². The zero-order chi connectivity index (χ0) is 17.2. The van der Waals surface area contributed by atoms with Gasteiger partial charge >= 0.3 is 6.18 Å². The van der Waals surface area contributed by atoms with Crippen LogP contribution in [0.2, 0.25) is 0 Å². The summed E-state index contributed by atoms with van der Waals surface area (Å²) in [5, 5.41) is 0. The topological polar surface area (TPSA) is 0 Å². The molecule has 0 nitrogen and oxygen atoms in total. The number of alkyl halides is 3. The highest BCUT2D eigenvalue weighted by atomic mass is 19.4. The van der Waals surface area contributed by atoms with E-state index in [0.717, 1.165) is 36.2 Å². The standard InChI is InChI=1S/C21H29F3/c1-2-15-3-5-16(6-4-15)17-7-9-18(10-8-17)19-11-13-20(14-12-19)21(22,23)24/h11-18H,2-10H2,1H3/t15-,16-,17?,18?. The van der Waals surface area contributed by atoms with Crippen molar-refractivity contribution in [3.05, 3.63) is 35.4 Å². The first-order valence-corrected chi connectivity index (χ1v) is 9.64. The van der Waals surface area contributed by atoms with Crippen molar-refractivity contribution in [2.75, 3.05) is 0 Å². The molecule has 0 radical (unpaired) electrons. The lowest BCUT2D eigenvalue weighted by molar-refractivity contribution is -0.137. The summed E-state index contributed by atoms with van der Waals surface area (Å²) >= 11 is 0. The molecule has 2 fully saturated rings. The van der Waals surface area contributed by atoms with Gasteiger partial charge in [0.05, 0.1) is 5.56 Å². The Morgan fingerprint density at radius 1 is 0.792 bits per heavy atom. The van der Waals surface area contributed by atoms with Crippen LogP contribution in [0.3, 0.4) is 0 Å². The van der Waals surface area contributed by atoms with Crippen LogP contribution in [0, 0.1) is 17.8 Å². The zero-order valence-electron chi connectivity index (χ0n) is 14.6. The van der Waals surface area contributed by atoms with Crippen molar-refractivity contribution in [3.63, 3.8) is 0 Å². The minimum atomic E-state index is -4.23. The van der Waals surface area contributed by atoms with Gasteiger partial charge in [-0.25, -0.2) is 0 Å². The molecule has 134 valence electrons. The Hall–Kier alpha value is -0.990. The molecular weight excluding hydrogens is 309 g/mol. The van der Waals surface area contributed by atoms with Crippen LogP contribution in [0.1, 0.15) is 81.8 Å². The van der Waals surface area contributed by atoms with Gasteiger partial charge in [0.15, 0.2) is 0 Å². The molecule has 0 saturated heterocycles. The quantitative estimate of drug-likeness (QED) is 0.547. The Kier molecular flexibility index (Phi) is 5.56. The van der Waals surface area contributed by atoms with Gasteiger partial charge in [-0.05, 0) is 79.9 Å². The highest BCUT2D eigenvalue weighted by molar-refractivity contribution is 5.27. The van der Waals surface area contributed by atoms with Gasteiger partial charge in [-0.15, -0.1) is 0 Å². The molecule has 3 rings (SSSR count). The lowest BCUT2D eigenvalue weighted by Gasteiger charge is -2.38. The molecule has 0 spiro atoms. The molecule has 0 amide bonds. The predicted octanol–water partition coefficient (Wildman–Crippen LogP) is 7.20. The van der Waals surface area contributed by atoms with Crippen LogP contribution in [-0.2, 0) is 6.18 Å². The van der Waals surface area contributed by atoms with E-state index in [4.69, 9.17) is 0 Å². The van der Waals surface area contributed by atoms with Gasteiger partial charge in [-0.1, -0.05) is 38.3 Å². The van der Waals surface area contributed by atoms with Crippen molar-refractivity contribution in [1.82, 2.24) is 0 Å². The summed E-state index contributed by atoms with van der Waals surface area (Å²) in [5.74, 6) is 3.16.